The molecule has 0 bridgehead atoms. The molecule has 0 rings (SSSR count). The molecule has 0 aromatic rings. The summed E-state index contributed by atoms with van der Waals surface area (Å²) in [5.41, 5.74) is 0. The van der Waals surface area contributed by atoms with Crippen molar-refractivity contribution in [2.45, 2.75) is 38.8 Å². The van der Waals surface area contributed by atoms with Crippen LogP contribution in [-0.2, 0) is 9.59 Å². The van der Waals surface area contributed by atoms with E-state index < -0.39 is 24.0 Å². The monoisotopic (exact) mass is 232 g/mol. The molecular weight excluding hydrogens is 212 g/mol. The van der Waals surface area contributed by atoms with Gasteiger partial charge in [-0.1, -0.05) is 13.8 Å². The Hall–Kier alpha value is -1.14. The molecule has 0 aromatic carbocycles. The average Bonchev–Trinajstić information content (AvgIpc) is 2.22. The van der Waals surface area contributed by atoms with Gasteiger partial charge in [0.2, 0.25) is 0 Å². The van der Waals surface area contributed by atoms with Gasteiger partial charge in [0.05, 0.1) is 0 Å². The zero-order valence-corrected chi connectivity index (χ0v) is 9.69. The Bertz CT molecular complexity index is 209. The van der Waals surface area contributed by atoms with Gasteiger partial charge in [0, 0.05) is 13.1 Å². The summed E-state index contributed by atoms with van der Waals surface area (Å²) in [5, 5.41) is 23.1. The number of carboxylic acid groups (broad SMARTS) is 2. The van der Waals surface area contributed by atoms with Gasteiger partial charge in [-0.3, -0.25) is 9.59 Å². The Balaban J connectivity index is 3.73. The second-order valence-electron chi connectivity index (χ2n) is 3.51. The molecule has 94 valence electrons. The normalized spacial score (nSPS) is 14.4. The predicted molar refractivity (Wildman–Crippen MR) is 59.4 cm³/mol. The number of nitrogens with one attached hydrogen (secondary N) is 2. The molecule has 16 heavy (non-hydrogen) atoms. The molecule has 0 amide bonds. The van der Waals surface area contributed by atoms with Crippen LogP contribution < -0.4 is 10.6 Å². The summed E-state index contributed by atoms with van der Waals surface area (Å²) in [6.07, 6.45) is 1.01. The third-order valence-electron chi connectivity index (χ3n) is 2.32. The van der Waals surface area contributed by atoms with Crippen LogP contribution in [0.5, 0.6) is 0 Å². The van der Waals surface area contributed by atoms with Crippen LogP contribution >= 0.6 is 0 Å². The van der Waals surface area contributed by atoms with Gasteiger partial charge in [0.25, 0.3) is 0 Å². The number of carboxylic acids is 2. The van der Waals surface area contributed by atoms with Crippen LogP contribution in [0.15, 0.2) is 0 Å². The van der Waals surface area contributed by atoms with E-state index in [0.717, 1.165) is 0 Å². The predicted octanol–water partition coefficient (Wildman–Crippen LogP) is -0.108. The molecule has 0 saturated carbocycles. The van der Waals surface area contributed by atoms with E-state index >= 15 is 0 Å². The van der Waals surface area contributed by atoms with Gasteiger partial charge in [0.15, 0.2) is 0 Å². The van der Waals surface area contributed by atoms with Crippen molar-refractivity contribution in [1.82, 2.24) is 10.6 Å². The summed E-state index contributed by atoms with van der Waals surface area (Å²) in [5.74, 6) is -1.76. The highest BCUT2D eigenvalue weighted by atomic mass is 16.4. The van der Waals surface area contributed by atoms with Crippen LogP contribution in [0.25, 0.3) is 0 Å². The van der Waals surface area contributed by atoms with Crippen LogP contribution in [0.4, 0.5) is 0 Å². The zero-order chi connectivity index (χ0) is 12.6. The Kier molecular flexibility index (Phi) is 7.49. The highest BCUT2D eigenvalue weighted by Crippen LogP contribution is 1.91. The molecule has 0 aliphatic carbocycles. The van der Waals surface area contributed by atoms with E-state index in [1.165, 1.54) is 0 Å². The van der Waals surface area contributed by atoms with Crippen molar-refractivity contribution in [2.24, 2.45) is 0 Å². The van der Waals surface area contributed by atoms with Gasteiger partial charge in [-0.05, 0) is 12.8 Å². The highest BCUT2D eigenvalue weighted by molar-refractivity contribution is 5.73. The first-order chi connectivity index (χ1) is 7.52. The molecule has 0 radical (unpaired) electrons. The van der Waals surface area contributed by atoms with Crippen molar-refractivity contribution in [2.75, 3.05) is 13.1 Å². The van der Waals surface area contributed by atoms with Gasteiger partial charge in [-0.15, -0.1) is 0 Å². The summed E-state index contributed by atoms with van der Waals surface area (Å²) in [7, 11) is 0. The van der Waals surface area contributed by atoms with Crippen molar-refractivity contribution in [3.8, 4) is 0 Å². The van der Waals surface area contributed by atoms with Gasteiger partial charge in [-0.25, -0.2) is 0 Å². The molecule has 6 nitrogen and oxygen atoms in total. The molecule has 0 fully saturated rings. The lowest BCUT2D eigenvalue weighted by Crippen LogP contribution is -2.43. The quantitative estimate of drug-likeness (QED) is 0.414. The first-order valence-corrected chi connectivity index (χ1v) is 5.45. The Morgan fingerprint density at radius 2 is 1.25 bits per heavy atom. The molecule has 0 aromatic heterocycles. The molecule has 4 N–H and O–H groups in total. The molecule has 0 aliphatic rings. The second-order valence-corrected chi connectivity index (χ2v) is 3.51. The maximum atomic E-state index is 10.6. The van der Waals surface area contributed by atoms with Crippen molar-refractivity contribution in [3.63, 3.8) is 0 Å². The van der Waals surface area contributed by atoms with Gasteiger partial charge < -0.3 is 20.8 Å². The van der Waals surface area contributed by atoms with E-state index in [-0.39, 0.29) is 0 Å². The SMILES string of the molecule is CC[C@H](NCCN[C@H](CC)C(=O)O)C(=O)O. The first-order valence-electron chi connectivity index (χ1n) is 5.45. The summed E-state index contributed by atoms with van der Waals surface area (Å²) in [4.78, 5) is 21.3. The van der Waals surface area contributed by atoms with E-state index in [1.54, 1.807) is 13.8 Å². The molecule has 0 aliphatic heterocycles. The van der Waals surface area contributed by atoms with Crippen LogP contribution in [0.2, 0.25) is 0 Å². The average molecular weight is 232 g/mol. The smallest absolute Gasteiger partial charge is 0.320 e. The minimum Gasteiger partial charge on any atom is -0.480 e. The van der Waals surface area contributed by atoms with E-state index in [2.05, 4.69) is 10.6 Å². The molecule has 0 spiro atoms. The van der Waals surface area contributed by atoms with Gasteiger partial charge in [-0.2, -0.15) is 0 Å². The summed E-state index contributed by atoms with van der Waals surface area (Å²) >= 11 is 0. The number of hydrogen-bond acceptors (Lipinski definition) is 4. The van der Waals surface area contributed by atoms with Gasteiger partial charge >= 0.3 is 11.9 Å². The lowest BCUT2D eigenvalue weighted by molar-refractivity contribution is -0.140. The third kappa shape index (κ3) is 5.67. The fourth-order valence-corrected chi connectivity index (χ4v) is 1.31. The Morgan fingerprint density at radius 3 is 1.44 bits per heavy atom. The molecule has 0 heterocycles. The summed E-state index contributed by atoms with van der Waals surface area (Å²) in [6, 6.07) is -1.13. The lowest BCUT2D eigenvalue weighted by atomic mass is 10.2. The summed E-state index contributed by atoms with van der Waals surface area (Å²) in [6.45, 7) is 4.44. The standard InChI is InChI=1S/C10H20N2O4/c1-3-7(9(13)14)11-5-6-12-8(4-2)10(15)16/h7-8,11-12H,3-6H2,1-2H3,(H,13,14)(H,15,16)/t7-,8+. The fourth-order valence-electron chi connectivity index (χ4n) is 1.31. The maximum absolute atomic E-state index is 10.6. The molecule has 0 unspecified atom stereocenters. The largest absolute Gasteiger partial charge is 0.480 e. The minimum absolute atomic E-state index is 0.439. The first kappa shape index (κ1) is 14.9. The zero-order valence-electron chi connectivity index (χ0n) is 9.69. The van der Waals surface area contributed by atoms with Crippen molar-refractivity contribution in [1.29, 1.82) is 0 Å². The van der Waals surface area contributed by atoms with Crippen LogP contribution in [0.1, 0.15) is 26.7 Å². The van der Waals surface area contributed by atoms with Crippen molar-refractivity contribution >= 4 is 11.9 Å². The Labute approximate surface area is 95.0 Å². The maximum Gasteiger partial charge on any atom is 0.320 e. The molecule has 6 heteroatoms. The van der Waals surface area contributed by atoms with Crippen LogP contribution in [0.3, 0.4) is 0 Å². The third-order valence-corrected chi connectivity index (χ3v) is 2.32. The van der Waals surface area contributed by atoms with E-state index in [1.807, 2.05) is 0 Å². The summed E-state index contributed by atoms with van der Waals surface area (Å²) < 4.78 is 0. The van der Waals surface area contributed by atoms with Crippen LogP contribution in [0, 0.1) is 0 Å². The number of carbonyl (C=O) groups is 2. The number of rotatable bonds is 9. The van der Waals surface area contributed by atoms with Crippen LogP contribution in [-0.4, -0.2) is 47.3 Å². The second kappa shape index (κ2) is 8.06. The number of hydrogen-bond donors (Lipinski definition) is 4. The highest BCUT2D eigenvalue weighted by Gasteiger charge is 2.15. The molecule has 2 atom stereocenters. The van der Waals surface area contributed by atoms with E-state index in [4.69, 9.17) is 10.2 Å². The Morgan fingerprint density at radius 1 is 0.938 bits per heavy atom. The van der Waals surface area contributed by atoms with E-state index in [0.29, 0.717) is 25.9 Å². The molecular formula is C10H20N2O4. The van der Waals surface area contributed by atoms with Crippen molar-refractivity contribution < 1.29 is 19.8 Å². The fraction of sp³-hybridized carbons (Fsp3) is 0.800. The van der Waals surface area contributed by atoms with Crippen molar-refractivity contribution in [3.05, 3.63) is 0 Å². The van der Waals surface area contributed by atoms with E-state index in [9.17, 15) is 9.59 Å². The molecule has 0 saturated heterocycles. The van der Waals surface area contributed by atoms with Gasteiger partial charge in [0.1, 0.15) is 12.1 Å². The lowest BCUT2D eigenvalue weighted by Gasteiger charge is -2.15. The topological polar surface area (TPSA) is 98.7 Å². The number of aliphatic carboxylic acids is 2. The minimum atomic E-state index is -0.882.